The number of anilines is 1. The molecule has 172 valence electrons. The number of nitrogens with zero attached hydrogens (tertiary/aromatic N) is 1. The fourth-order valence-electron chi connectivity index (χ4n) is 3.47. The summed E-state index contributed by atoms with van der Waals surface area (Å²) in [5.74, 6) is -1.17. The Kier molecular flexibility index (Phi) is 7.33. The zero-order chi connectivity index (χ0) is 23.5. The van der Waals surface area contributed by atoms with Gasteiger partial charge in [0.2, 0.25) is 10.0 Å². The van der Waals surface area contributed by atoms with Gasteiger partial charge in [0.15, 0.2) is 6.61 Å². The Morgan fingerprint density at radius 2 is 1.66 bits per heavy atom. The van der Waals surface area contributed by atoms with Crippen molar-refractivity contribution in [2.24, 2.45) is 0 Å². The van der Waals surface area contributed by atoms with Gasteiger partial charge >= 0.3 is 5.97 Å². The van der Waals surface area contributed by atoms with E-state index in [0.717, 1.165) is 11.1 Å². The number of hydrogen-bond acceptors (Lipinski definition) is 6. The monoisotopic (exact) mass is 460 g/mol. The molecule has 1 saturated heterocycles. The van der Waals surface area contributed by atoms with Gasteiger partial charge in [-0.25, -0.2) is 13.2 Å². The van der Waals surface area contributed by atoms with E-state index in [-0.39, 0.29) is 35.8 Å². The van der Waals surface area contributed by atoms with Crippen LogP contribution < -0.4 is 5.32 Å². The number of ether oxygens (including phenoxy) is 2. The number of aryl methyl sites for hydroxylation is 2. The molecule has 0 bridgehead atoms. The Morgan fingerprint density at radius 3 is 2.25 bits per heavy atom. The lowest BCUT2D eigenvalue weighted by Crippen LogP contribution is -2.48. The maximum Gasteiger partial charge on any atom is 0.338 e. The molecule has 1 fully saturated rings. The quantitative estimate of drug-likeness (QED) is 0.665. The van der Waals surface area contributed by atoms with Gasteiger partial charge in [-0.15, -0.1) is 0 Å². The van der Waals surface area contributed by atoms with Crippen LogP contribution in [0.2, 0.25) is 0 Å². The van der Waals surface area contributed by atoms with Gasteiger partial charge in [-0.05, 0) is 75.2 Å². The van der Waals surface area contributed by atoms with Crippen molar-refractivity contribution >= 4 is 27.6 Å². The summed E-state index contributed by atoms with van der Waals surface area (Å²) < 4.78 is 37.8. The minimum absolute atomic E-state index is 0.0860. The van der Waals surface area contributed by atoms with Crippen LogP contribution in [0.15, 0.2) is 47.4 Å². The van der Waals surface area contributed by atoms with E-state index < -0.39 is 28.5 Å². The van der Waals surface area contributed by atoms with Crippen LogP contribution in [0.1, 0.15) is 35.3 Å². The Bertz CT molecular complexity index is 1090. The molecule has 2 aromatic carbocycles. The van der Waals surface area contributed by atoms with E-state index in [1.165, 1.54) is 28.6 Å². The molecule has 0 saturated carbocycles. The molecule has 1 N–H and O–H groups in total. The summed E-state index contributed by atoms with van der Waals surface area (Å²) >= 11 is 0. The molecule has 1 aliphatic rings. The second-order valence-electron chi connectivity index (χ2n) is 8.03. The lowest BCUT2D eigenvalue weighted by Gasteiger charge is -2.34. The molecule has 8 nitrogen and oxygen atoms in total. The van der Waals surface area contributed by atoms with Gasteiger partial charge in [0.1, 0.15) is 0 Å². The molecule has 0 aliphatic carbocycles. The predicted molar refractivity (Wildman–Crippen MR) is 120 cm³/mol. The second-order valence-corrected chi connectivity index (χ2v) is 9.96. The number of hydrogen-bond donors (Lipinski definition) is 1. The molecule has 2 aromatic rings. The molecular weight excluding hydrogens is 432 g/mol. The molecule has 2 unspecified atom stereocenters. The Balaban J connectivity index is 1.58. The van der Waals surface area contributed by atoms with Gasteiger partial charge in [0.25, 0.3) is 5.91 Å². The van der Waals surface area contributed by atoms with E-state index >= 15 is 0 Å². The molecule has 1 aliphatic heterocycles. The van der Waals surface area contributed by atoms with E-state index in [9.17, 15) is 18.0 Å². The van der Waals surface area contributed by atoms with Crippen molar-refractivity contribution < 1.29 is 27.5 Å². The zero-order valence-corrected chi connectivity index (χ0v) is 19.4. The number of sulfonamides is 1. The lowest BCUT2D eigenvalue weighted by atomic mass is 10.1. The highest BCUT2D eigenvalue weighted by molar-refractivity contribution is 7.89. The third kappa shape index (κ3) is 5.73. The summed E-state index contributed by atoms with van der Waals surface area (Å²) in [6, 6.07) is 11.0. The Labute approximate surface area is 188 Å². The molecule has 9 heteroatoms. The largest absolute Gasteiger partial charge is 0.452 e. The number of nitrogens with one attached hydrogen (secondary N) is 1. The van der Waals surface area contributed by atoms with Gasteiger partial charge in [-0.1, -0.05) is 6.07 Å². The Morgan fingerprint density at radius 1 is 1.03 bits per heavy atom. The molecule has 0 radical (unpaired) electrons. The van der Waals surface area contributed by atoms with Gasteiger partial charge in [0, 0.05) is 18.8 Å². The van der Waals surface area contributed by atoms with Crippen molar-refractivity contribution in [1.82, 2.24) is 4.31 Å². The van der Waals surface area contributed by atoms with Gasteiger partial charge in [0.05, 0.1) is 22.7 Å². The standard InChI is InChI=1S/C23H28N2O6S/c1-15-5-8-20(11-16(15)2)24-22(26)14-30-23(27)19-6-9-21(10-7-19)32(28,29)25-12-17(3)31-18(4)13-25/h5-11,17-18H,12-14H2,1-4H3,(H,24,26). The molecular formula is C23H28N2O6S. The fourth-order valence-corrected chi connectivity index (χ4v) is 5.06. The van der Waals surface area contributed by atoms with Crippen molar-refractivity contribution in [3.8, 4) is 0 Å². The average molecular weight is 461 g/mol. The smallest absolute Gasteiger partial charge is 0.338 e. The first kappa shape index (κ1) is 23.9. The van der Waals surface area contributed by atoms with E-state index in [1.807, 2.05) is 39.8 Å². The van der Waals surface area contributed by atoms with E-state index in [4.69, 9.17) is 9.47 Å². The third-order valence-electron chi connectivity index (χ3n) is 5.24. The minimum atomic E-state index is -3.70. The van der Waals surface area contributed by atoms with Crippen molar-refractivity contribution in [2.45, 2.75) is 44.8 Å². The number of benzene rings is 2. The first-order valence-electron chi connectivity index (χ1n) is 10.4. The van der Waals surface area contributed by atoms with Crippen molar-refractivity contribution in [3.05, 3.63) is 59.2 Å². The number of carbonyl (C=O) groups is 2. The molecule has 2 atom stereocenters. The highest BCUT2D eigenvalue weighted by Crippen LogP contribution is 2.21. The van der Waals surface area contributed by atoms with E-state index in [0.29, 0.717) is 5.69 Å². The number of esters is 1. The van der Waals surface area contributed by atoms with Crippen molar-refractivity contribution in [2.75, 3.05) is 25.0 Å². The third-order valence-corrected chi connectivity index (χ3v) is 7.08. The van der Waals surface area contributed by atoms with Crippen molar-refractivity contribution in [3.63, 3.8) is 0 Å². The summed E-state index contributed by atoms with van der Waals surface area (Å²) in [5, 5.41) is 2.68. The first-order valence-corrected chi connectivity index (χ1v) is 11.8. The molecule has 32 heavy (non-hydrogen) atoms. The van der Waals surface area contributed by atoms with Crippen molar-refractivity contribution in [1.29, 1.82) is 0 Å². The summed E-state index contributed by atoms with van der Waals surface area (Å²) in [6.07, 6.45) is -0.393. The number of rotatable bonds is 6. The average Bonchev–Trinajstić information content (AvgIpc) is 2.74. The van der Waals surface area contributed by atoms with Crippen LogP contribution in [0.3, 0.4) is 0 Å². The summed E-state index contributed by atoms with van der Waals surface area (Å²) in [7, 11) is -3.70. The van der Waals surface area contributed by atoms with Gasteiger partial charge in [-0.2, -0.15) is 4.31 Å². The van der Waals surface area contributed by atoms with Crippen LogP contribution in [0.4, 0.5) is 5.69 Å². The fraction of sp³-hybridized carbons (Fsp3) is 0.391. The number of amides is 1. The predicted octanol–water partition coefficient (Wildman–Crippen LogP) is 2.90. The molecule has 3 rings (SSSR count). The minimum Gasteiger partial charge on any atom is -0.452 e. The number of carbonyl (C=O) groups excluding carboxylic acids is 2. The molecule has 0 spiro atoms. The van der Waals surface area contributed by atoms with Crippen LogP contribution in [-0.2, 0) is 24.3 Å². The van der Waals surface area contributed by atoms with Crippen LogP contribution in [0.25, 0.3) is 0 Å². The molecule has 1 heterocycles. The van der Waals surface area contributed by atoms with E-state index in [2.05, 4.69) is 5.32 Å². The normalized spacial score (nSPS) is 19.4. The second kappa shape index (κ2) is 9.81. The van der Waals surface area contributed by atoms with E-state index in [1.54, 1.807) is 6.07 Å². The van der Waals surface area contributed by atoms with Crippen LogP contribution in [0, 0.1) is 13.8 Å². The topological polar surface area (TPSA) is 102 Å². The van der Waals surface area contributed by atoms with Gasteiger partial charge in [-0.3, -0.25) is 4.79 Å². The highest BCUT2D eigenvalue weighted by atomic mass is 32.2. The molecule has 0 aromatic heterocycles. The summed E-state index contributed by atoms with van der Waals surface area (Å²) in [5.41, 5.74) is 2.93. The van der Waals surface area contributed by atoms with Gasteiger partial charge < -0.3 is 14.8 Å². The van der Waals surface area contributed by atoms with Crippen LogP contribution in [0.5, 0.6) is 0 Å². The summed E-state index contributed by atoms with van der Waals surface area (Å²) in [4.78, 5) is 24.4. The maximum absolute atomic E-state index is 12.9. The first-order chi connectivity index (χ1) is 15.1. The Hall–Kier alpha value is -2.75. The highest BCUT2D eigenvalue weighted by Gasteiger charge is 2.32. The lowest BCUT2D eigenvalue weighted by molar-refractivity contribution is -0.119. The zero-order valence-electron chi connectivity index (χ0n) is 18.6. The van der Waals surface area contributed by atoms with Crippen LogP contribution >= 0.6 is 0 Å². The number of morpholine rings is 1. The summed E-state index contributed by atoms with van der Waals surface area (Å²) in [6.45, 7) is 7.66. The molecule has 1 amide bonds. The maximum atomic E-state index is 12.9. The van der Waals surface area contributed by atoms with Crippen LogP contribution in [-0.4, -0.2) is 56.5 Å². The SMILES string of the molecule is Cc1ccc(NC(=O)COC(=O)c2ccc(S(=O)(=O)N3CC(C)OC(C)C3)cc2)cc1C.